The molecule has 58 heavy (non-hydrogen) atoms. The molecule has 0 bridgehead atoms. The van der Waals surface area contributed by atoms with Crippen LogP contribution in [0.1, 0.15) is 162 Å². The van der Waals surface area contributed by atoms with Gasteiger partial charge in [0, 0.05) is 19.4 Å². The minimum Gasteiger partial charge on any atom is -0.462 e. The van der Waals surface area contributed by atoms with Gasteiger partial charge in [0.1, 0.15) is 6.61 Å². The van der Waals surface area contributed by atoms with Gasteiger partial charge in [0.05, 0.1) is 13.2 Å². The van der Waals surface area contributed by atoms with Crippen molar-refractivity contribution in [1.29, 1.82) is 0 Å². The first-order valence-electron chi connectivity index (χ1n) is 22.2. The lowest BCUT2D eigenvalue weighted by molar-refractivity contribution is -0.161. The second-order valence-electron chi connectivity index (χ2n) is 14.2. The van der Waals surface area contributed by atoms with Crippen LogP contribution in [0, 0.1) is 0 Å². The number of allylic oxidation sites excluding steroid dienone is 16. The van der Waals surface area contributed by atoms with Gasteiger partial charge in [0.25, 0.3) is 0 Å². The van der Waals surface area contributed by atoms with E-state index in [9.17, 15) is 19.0 Å². The fourth-order valence-electron chi connectivity index (χ4n) is 5.44. The number of unbranched alkanes of at least 4 members (excludes halogenated alkanes) is 11. The fraction of sp³-hybridized carbons (Fsp3) is 0.625. The predicted octanol–water partition coefficient (Wildman–Crippen LogP) is 13.0. The van der Waals surface area contributed by atoms with Crippen molar-refractivity contribution in [3.8, 4) is 0 Å². The highest BCUT2D eigenvalue weighted by Crippen LogP contribution is 2.43. The number of rotatable bonds is 40. The lowest BCUT2D eigenvalue weighted by atomic mass is 10.1. The van der Waals surface area contributed by atoms with E-state index in [0.717, 1.165) is 116 Å². The Labute approximate surface area is 353 Å². The largest absolute Gasteiger partial charge is 0.472 e. The Morgan fingerprint density at radius 3 is 1.43 bits per heavy atom. The predicted molar refractivity (Wildman–Crippen MR) is 242 cm³/mol. The van der Waals surface area contributed by atoms with Crippen molar-refractivity contribution in [1.82, 2.24) is 0 Å². The average Bonchev–Trinajstić information content (AvgIpc) is 3.21. The molecule has 9 nitrogen and oxygen atoms in total. The zero-order chi connectivity index (χ0) is 42.5. The fourth-order valence-corrected chi connectivity index (χ4v) is 6.20. The van der Waals surface area contributed by atoms with Crippen LogP contribution in [0.2, 0.25) is 0 Å². The summed E-state index contributed by atoms with van der Waals surface area (Å²) in [4.78, 5) is 34.8. The van der Waals surface area contributed by atoms with E-state index in [4.69, 9.17) is 24.3 Å². The summed E-state index contributed by atoms with van der Waals surface area (Å²) in [6.07, 6.45) is 55.9. The number of carbonyl (C=O) groups excluding carboxylic acids is 2. The van der Waals surface area contributed by atoms with E-state index in [1.165, 1.54) is 6.42 Å². The zero-order valence-electron chi connectivity index (χ0n) is 36.2. The lowest BCUT2D eigenvalue weighted by Crippen LogP contribution is -2.29. The van der Waals surface area contributed by atoms with Crippen LogP contribution >= 0.6 is 7.82 Å². The molecule has 2 atom stereocenters. The van der Waals surface area contributed by atoms with Crippen LogP contribution in [0.5, 0.6) is 0 Å². The minimum atomic E-state index is -4.39. The normalized spacial score (nSPS) is 14.2. The molecule has 330 valence electrons. The number of nitrogens with two attached hydrogens (primary N) is 1. The Morgan fingerprint density at radius 1 is 0.534 bits per heavy atom. The van der Waals surface area contributed by atoms with Crippen LogP contribution in [0.4, 0.5) is 0 Å². The Balaban J connectivity index is 4.15. The number of carbonyl (C=O) groups is 2. The highest BCUT2D eigenvalue weighted by Gasteiger charge is 2.26. The molecule has 0 aromatic heterocycles. The summed E-state index contributed by atoms with van der Waals surface area (Å²) >= 11 is 0. The summed E-state index contributed by atoms with van der Waals surface area (Å²) in [5, 5.41) is 0. The number of phosphoric acid groups is 1. The molecule has 0 aliphatic rings. The molecule has 0 aliphatic heterocycles. The van der Waals surface area contributed by atoms with Gasteiger partial charge in [0.15, 0.2) is 6.10 Å². The van der Waals surface area contributed by atoms with Crippen LogP contribution in [0.3, 0.4) is 0 Å². The van der Waals surface area contributed by atoms with Crippen LogP contribution < -0.4 is 5.73 Å². The molecule has 0 saturated carbocycles. The second kappa shape index (κ2) is 43.5. The van der Waals surface area contributed by atoms with Gasteiger partial charge in [-0.2, -0.15) is 0 Å². The van der Waals surface area contributed by atoms with E-state index in [2.05, 4.69) is 111 Å². The molecule has 0 heterocycles. The van der Waals surface area contributed by atoms with Gasteiger partial charge in [-0.05, 0) is 89.9 Å². The highest BCUT2D eigenvalue weighted by atomic mass is 31.2. The molecule has 10 heteroatoms. The summed E-state index contributed by atoms with van der Waals surface area (Å²) < 4.78 is 32.7. The van der Waals surface area contributed by atoms with Gasteiger partial charge in [0.2, 0.25) is 0 Å². The molecule has 0 saturated heterocycles. The topological polar surface area (TPSA) is 134 Å². The van der Waals surface area contributed by atoms with E-state index in [0.29, 0.717) is 12.8 Å². The zero-order valence-corrected chi connectivity index (χ0v) is 37.1. The molecule has 0 aromatic carbocycles. The molecule has 2 unspecified atom stereocenters. The van der Waals surface area contributed by atoms with Crippen LogP contribution in [-0.2, 0) is 32.7 Å². The molecule has 3 N–H and O–H groups in total. The van der Waals surface area contributed by atoms with E-state index in [-0.39, 0.29) is 32.6 Å². The molecule has 0 fully saturated rings. The number of hydrogen-bond acceptors (Lipinski definition) is 8. The molecule has 0 amide bonds. The van der Waals surface area contributed by atoms with Gasteiger partial charge < -0.3 is 20.1 Å². The summed E-state index contributed by atoms with van der Waals surface area (Å²) in [5.74, 6) is -0.874. The van der Waals surface area contributed by atoms with E-state index < -0.39 is 32.5 Å². The third kappa shape index (κ3) is 42.5. The van der Waals surface area contributed by atoms with Crippen LogP contribution in [-0.4, -0.2) is 49.3 Å². The Hall–Kier alpha value is -3.07. The summed E-state index contributed by atoms with van der Waals surface area (Å²) in [6.45, 7) is 3.49. The maximum Gasteiger partial charge on any atom is 0.472 e. The second-order valence-corrected chi connectivity index (χ2v) is 15.6. The molecule has 0 aromatic rings. The SMILES string of the molecule is CC/C=C\C/C=C\C/C=C\C/C=C\C/C=C\C/C=C\C/C=C\CCCCCCCC(=O)OC(COC(=O)CCCCCCC/C=C\CCC)COP(=O)(O)OCCN. The highest BCUT2D eigenvalue weighted by molar-refractivity contribution is 7.47. The number of ether oxygens (including phenoxy) is 2. The molecule has 0 rings (SSSR count). The standard InChI is InChI=1S/C48H80NO8P/c1-3-5-7-9-11-13-15-16-17-18-19-20-21-22-23-24-25-26-27-28-29-30-31-33-35-37-39-41-48(51)57-46(45-56-58(52,53)55-43-42-49)44-54-47(50)40-38-36-34-32-14-12-10-8-6-4-2/h5,7-8,10-11,13,16-17,19-20,22-23,25-26,28-29,46H,3-4,6,9,12,14-15,18,21,24,27,30-45,49H2,1-2H3,(H,52,53)/b7-5-,10-8-,13-11-,17-16-,20-19-,23-22-,26-25-,29-28-. The Morgan fingerprint density at radius 2 is 0.948 bits per heavy atom. The van der Waals surface area contributed by atoms with E-state index in [1.807, 2.05) is 0 Å². The van der Waals surface area contributed by atoms with Crippen molar-refractivity contribution < 1.29 is 37.6 Å². The van der Waals surface area contributed by atoms with Crippen molar-refractivity contribution in [3.63, 3.8) is 0 Å². The Kier molecular flexibility index (Phi) is 41.2. The third-order valence-corrected chi connectivity index (χ3v) is 9.67. The monoisotopic (exact) mass is 830 g/mol. The minimum absolute atomic E-state index is 0.0434. The first kappa shape index (κ1) is 54.9. The maximum absolute atomic E-state index is 12.6. The first-order valence-corrected chi connectivity index (χ1v) is 23.7. The molecular weight excluding hydrogens is 750 g/mol. The molecule has 0 spiro atoms. The summed E-state index contributed by atoms with van der Waals surface area (Å²) in [5.41, 5.74) is 5.34. The van der Waals surface area contributed by atoms with Gasteiger partial charge in [-0.3, -0.25) is 18.6 Å². The summed E-state index contributed by atoms with van der Waals surface area (Å²) in [6, 6.07) is 0. The van der Waals surface area contributed by atoms with Gasteiger partial charge in [-0.1, -0.05) is 156 Å². The first-order chi connectivity index (χ1) is 28.3. The van der Waals surface area contributed by atoms with Crippen molar-refractivity contribution in [2.24, 2.45) is 5.73 Å². The van der Waals surface area contributed by atoms with Crippen molar-refractivity contribution >= 4 is 19.8 Å². The van der Waals surface area contributed by atoms with E-state index >= 15 is 0 Å². The Bertz CT molecular complexity index is 1270. The van der Waals surface area contributed by atoms with Gasteiger partial charge >= 0.3 is 19.8 Å². The van der Waals surface area contributed by atoms with Crippen molar-refractivity contribution in [3.05, 3.63) is 97.2 Å². The summed E-state index contributed by atoms with van der Waals surface area (Å²) in [7, 11) is -4.39. The average molecular weight is 830 g/mol. The van der Waals surface area contributed by atoms with Crippen LogP contribution in [0.15, 0.2) is 97.2 Å². The lowest BCUT2D eigenvalue weighted by Gasteiger charge is -2.19. The van der Waals surface area contributed by atoms with Crippen molar-refractivity contribution in [2.75, 3.05) is 26.4 Å². The van der Waals surface area contributed by atoms with Gasteiger partial charge in [-0.15, -0.1) is 0 Å². The van der Waals surface area contributed by atoms with E-state index in [1.54, 1.807) is 0 Å². The maximum atomic E-state index is 12.6. The van der Waals surface area contributed by atoms with Gasteiger partial charge in [-0.25, -0.2) is 4.57 Å². The molecule has 0 aliphatic carbocycles. The number of phosphoric ester groups is 1. The van der Waals surface area contributed by atoms with Crippen molar-refractivity contribution in [2.45, 2.75) is 168 Å². The number of hydrogen-bond donors (Lipinski definition) is 2. The van der Waals surface area contributed by atoms with Crippen LogP contribution in [0.25, 0.3) is 0 Å². The molecule has 0 radical (unpaired) electrons. The number of esters is 2. The smallest absolute Gasteiger partial charge is 0.462 e. The molecular formula is C48H80NO8P. The quantitative estimate of drug-likeness (QED) is 0.0268. The third-order valence-electron chi connectivity index (χ3n) is 8.68.